The fourth-order valence-corrected chi connectivity index (χ4v) is 4.69. The van der Waals surface area contributed by atoms with E-state index in [0.717, 1.165) is 47.9 Å². The maximum absolute atomic E-state index is 12.7. The summed E-state index contributed by atoms with van der Waals surface area (Å²) in [5.41, 5.74) is 1.94. The van der Waals surface area contributed by atoms with Crippen molar-refractivity contribution in [1.82, 2.24) is 4.90 Å². The smallest absolute Gasteiger partial charge is 0.294 e. The molecule has 2 heterocycles. The van der Waals surface area contributed by atoms with Gasteiger partial charge in [-0.25, -0.2) is 0 Å². The zero-order chi connectivity index (χ0) is 21.3. The molecule has 0 aromatic heterocycles. The number of benzene rings is 1. The Morgan fingerprint density at radius 2 is 1.93 bits per heavy atom. The molecule has 2 aliphatic heterocycles. The van der Waals surface area contributed by atoms with E-state index in [1.807, 2.05) is 19.1 Å². The van der Waals surface area contributed by atoms with E-state index in [2.05, 4.69) is 5.32 Å². The minimum Gasteiger partial charge on any atom is -0.497 e. The van der Waals surface area contributed by atoms with E-state index < -0.39 is 17.1 Å². The minimum absolute atomic E-state index is 0.0464. The normalized spacial score (nSPS) is 25.1. The second-order valence-corrected chi connectivity index (χ2v) is 8.68. The Morgan fingerprint density at radius 1 is 1.20 bits per heavy atom. The van der Waals surface area contributed by atoms with Crippen molar-refractivity contribution in [3.8, 4) is 0 Å². The first-order chi connectivity index (χ1) is 14.4. The molecule has 1 aromatic rings. The number of amides is 3. The molecule has 1 saturated carbocycles. The zero-order valence-electron chi connectivity index (χ0n) is 16.6. The molecule has 1 saturated heterocycles. The Morgan fingerprint density at radius 3 is 2.70 bits per heavy atom. The van der Waals surface area contributed by atoms with E-state index in [-0.39, 0.29) is 29.3 Å². The van der Waals surface area contributed by atoms with Crippen LogP contribution in [0, 0.1) is 12.8 Å². The molecule has 1 aromatic carbocycles. The van der Waals surface area contributed by atoms with Gasteiger partial charge in [-0.15, -0.1) is 0 Å². The summed E-state index contributed by atoms with van der Waals surface area (Å²) in [5.74, 6) is -1.29. The Bertz CT molecular complexity index is 966. The predicted octanol–water partition coefficient (Wildman–Crippen LogP) is 3.55. The molecular weight excluding hydrogens is 404 g/mol. The van der Waals surface area contributed by atoms with E-state index in [4.69, 9.17) is 4.74 Å². The predicted molar refractivity (Wildman–Crippen MR) is 113 cm³/mol. The van der Waals surface area contributed by atoms with Crippen molar-refractivity contribution in [2.24, 2.45) is 5.92 Å². The van der Waals surface area contributed by atoms with Gasteiger partial charge in [-0.3, -0.25) is 24.1 Å². The van der Waals surface area contributed by atoms with Crippen molar-refractivity contribution in [2.45, 2.75) is 38.7 Å². The van der Waals surface area contributed by atoms with Gasteiger partial charge in [-0.1, -0.05) is 24.1 Å². The maximum Gasteiger partial charge on any atom is 0.294 e. The molecule has 3 amide bonds. The molecule has 8 heteroatoms. The van der Waals surface area contributed by atoms with Crippen LogP contribution in [0.15, 0.2) is 47.1 Å². The lowest BCUT2D eigenvalue weighted by molar-refractivity contribution is -0.127. The first kappa shape index (κ1) is 20.4. The lowest BCUT2D eigenvalue weighted by atomic mass is 9.80. The van der Waals surface area contributed by atoms with Crippen molar-refractivity contribution >= 4 is 40.3 Å². The van der Waals surface area contributed by atoms with Crippen LogP contribution in [-0.2, 0) is 19.1 Å². The number of allylic oxidation sites excluding steroid dienone is 2. The minimum atomic E-state index is -0.580. The topological polar surface area (TPSA) is 92.8 Å². The number of ketones is 1. The number of rotatable bonds is 4. The van der Waals surface area contributed by atoms with Crippen molar-refractivity contribution in [1.29, 1.82) is 0 Å². The number of anilines is 1. The average molecular weight is 426 g/mol. The number of nitrogens with one attached hydrogen (secondary N) is 1. The summed E-state index contributed by atoms with van der Waals surface area (Å²) < 4.78 is 5.69. The molecule has 156 valence electrons. The Hall–Kier alpha value is -2.87. The molecule has 7 nitrogen and oxygen atoms in total. The van der Waals surface area contributed by atoms with E-state index >= 15 is 0 Å². The molecule has 2 unspecified atom stereocenters. The van der Waals surface area contributed by atoms with Gasteiger partial charge in [0.15, 0.2) is 5.78 Å². The number of imide groups is 1. The first-order valence-corrected chi connectivity index (χ1v) is 10.8. The first-order valence-electron chi connectivity index (χ1n) is 9.94. The maximum atomic E-state index is 12.7. The van der Waals surface area contributed by atoms with Crippen LogP contribution in [0.4, 0.5) is 10.5 Å². The van der Waals surface area contributed by atoms with Gasteiger partial charge in [-0.05, 0) is 56.2 Å². The van der Waals surface area contributed by atoms with Crippen LogP contribution in [-0.4, -0.2) is 40.4 Å². The second kappa shape index (κ2) is 8.47. The molecule has 30 heavy (non-hydrogen) atoms. The highest BCUT2D eigenvalue weighted by Crippen LogP contribution is 2.36. The largest absolute Gasteiger partial charge is 0.497 e. The molecule has 1 aliphatic carbocycles. The number of carbonyl (C=O) groups excluding carboxylic acids is 4. The fourth-order valence-electron chi connectivity index (χ4n) is 3.86. The van der Waals surface area contributed by atoms with E-state index in [1.165, 1.54) is 12.3 Å². The molecule has 2 atom stereocenters. The SMILES string of the molecule is Cc1ccc(NC(=O)CN2C(=O)S/C(=C\C3=COC4CCCCC4C3=O)C2=O)cc1. The van der Waals surface area contributed by atoms with Crippen LogP contribution in [0.2, 0.25) is 0 Å². The van der Waals surface area contributed by atoms with Crippen LogP contribution >= 0.6 is 11.8 Å². The zero-order valence-corrected chi connectivity index (χ0v) is 17.4. The summed E-state index contributed by atoms with van der Waals surface area (Å²) >= 11 is 0.727. The number of aryl methyl sites for hydroxylation is 1. The van der Waals surface area contributed by atoms with Gasteiger partial charge in [0, 0.05) is 5.69 Å². The molecule has 4 rings (SSSR count). The van der Waals surface area contributed by atoms with E-state index in [0.29, 0.717) is 11.3 Å². The van der Waals surface area contributed by atoms with Gasteiger partial charge in [0.2, 0.25) is 5.91 Å². The third-order valence-electron chi connectivity index (χ3n) is 5.49. The summed E-state index contributed by atoms with van der Waals surface area (Å²) in [4.78, 5) is 51.0. The van der Waals surface area contributed by atoms with Crippen LogP contribution in [0.25, 0.3) is 0 Å². The van der Waals surface area contributed by atoms with E-state index in [9.17, 15) is 19.2 Å². The number of hydrogen-bond donors (Lipinski definition) is 1. The highest BCUT2D eigenvalue weighted by Gasteiger charge is 2.39. The number of thioether (sulfide) groups is 1. The third kappa shape index (κ3) is 4.18. The van der Waals surface area contributed by atoms with Gasteiger partial charge in [-0.2, -0.15) is 0 Å². The highest BCUT2D eigenvalue weighted by atomic mass is 32.2. The van der Waals surface area contributed by atoms with Crippen LogP contribution < -0.4 is 5.32 Å². The van der Waals surface area contributed by atoms with Crippen LogP contribution in [0.3, 0.4) is 0 Å². The number of ether oxygens (including phenoxy) is 1. The molecule has 0 radical (unpaired) electrons. The van der Waals surface area contributed by atoms with Gasteiger partial charge in [0.05, 0.1) is 22.7 Å². The monoisotopic (exact) mass is 426 g/mol. The molecule has 3 aliphatic rings. The number of carbonyl (C=O) groups is 4. The lowest BCUT2D eigenvalue weighted by Crippen LogP contribution is -2.37. The molecule has 0 spiro atoms. The molecule has 1 N–H and O–H groups in total. The van der Waals surface area contributed by atoms with Crippen molar-refractivity contribution in [2.75, 3.05) is 11.9 Å². The third-order valence-corrected chi connectivity index (χ3v) is 6.40. The van der Waals surface area contributed by atoms with Gasteiger partial charge >= 0.3 is 0 Å². The van der Waals surface area contributed by atoms with E-state index in [1.54, 1.807) is 12.1 Å². The highest BCUT2D eigenvalue weighted by molar-refractivity contribution is 8.18. The quantitative estimate of drug-likeness (QED) is 0.740. The molecular formula is C22H22N2O5S. The average Bonchev–Trinajstić information content (AvgIpc) is 2.99. The Labute approximate surface area is 178 Å². The Kier molecular flexibility index (Phi) is 5.76. The lowest BCUT2D eigenvalue weighted by Gasteiger charge is -2.33. The number of nitrogens with zero attached hydrogens (tertiary/aromatic N) is 1. The summed E-state index contributed by atoms with van der Waals surface area (Å²) in [6.07, 6.45) is 6.37. The second-order valence-electron chi connectivity index (χ2n) is 7.68. The summed E-state index contributed by atoms with van der Waals surface area (Å²) in [5, 5.41) is 2.14. The fraction of sp³-hybridized carbons (Fsp3) is 0.364. The summed E-state index contributed by atoms with van der Waals surface area (Å²) in [7, 11) is 0. The van der Waals surface area contributed by atoms with Gasteiger partial charge < -0.3 is 10.1 Å². The number of fused-ring (bicyclic) bond motifs is 1. The Balaban J connectivity index is 1.43. The molecule has 0 bridgehead atoms. The van der Waals surface area contributed by atoms with Crippen LogP contribution in [0.1, 0.15) is 31.2 Å². The standard InChI is InChI=1S/C22H22N2O5S/c1-13-6-8-15(9-7-13)23-19(25)11-24-21(27)18(30-22(24)28)10-14-12-29-17-5-3-2-4-16(17)20(14)26/h6-10,12,16-17H,2-5,11H2,1H3,(H,23,25)/b18-10-. The van der Waals surface area contributed by atoms with Crippen molar-refractivity contribution < 1.29 is 23.9 Å². The number of hydrogen-bond acceptors (Lipinski definition) is 6. The molecule has 2 fully saturated rings. The van der Waals surface area contributed by atoms with Gasteiger partial charge in [0.1, 0.15) is 12.6 Å². The summed E-state index contributed by atoms with van der Waals surface area (Å²) in [6.45, 7) is 1.55. The van der Waals surface area contributed by atoms with Crippen molar-refractivity contribution in [3.05, 3.63) is 52.6 Å². The summed E-state index contributed by atoms with van der Waals surface area (Å²) in [6, 6.07) is 7.21. The van der Waals surface area contributed by atoms with Crippen molar-refractivity contribution in [3.63, 3.8) is 0 Å². The van der Waals surface area contributed by atoms with Gasteiger partial charge in [0.25, 0.3) is 11.1 Å². The van der Waals surface area contributed by atoms with Crippen LogP contribution in [0.5, 0.6) is 0 Å². The number of Topliss-reactive ketones (excluding diaryl/α,β-unsaturated/α-hetero) is 1.